The van der Waals surface area contributed by atoms with Crippen LogP contribution < -0.4 is 0 Å². The number of likely N-dealkylation sites (N-methyl/N-ethyl adjacent to an activating group) is 1. The van der Waals surface area contributed by atoms with Crippen LogP contribution in [0.1, 0.15) is 11.4 Å². The molecule has 4 nitrogen and oxygen atoms in total. The van der Waals surface area contributed by atoms with E-state index in [1.165, 1.54) is 0 Å². The first-order valence-electron chi connectivity index (χ1n) is 6.50. The number of hydrogen-bond acceptors (Lipinski definition) is 3. The summed E-state index contributed by atoms with van der Waals surface area (Å²) in [4.78, 5) is 22.0. The van der Waals surface area contributed by atoms with Crippen molar-refractivity contribution >= 4 is 12.0 Å². The van der Waals surface area contributed by atoms with Gasteiger partial charge in [-0.3, -0.25) is 14.8 Å². The third kappa shape index (κ3) is 4.31. The summed E-state index contributed by atoms with van der Waals surface area (Å²) in [6.07, 6.45) is 7.48. The van der Waals surface area contributed by atoms with Gasteiger partial charge in [-0.2, -0.15) is 0 Å². The highest BCUT2D eigenvalue weighted by atomic mass is 16.2. The molecule has 0 aliphatic heterocycles. The normalized spacial score (nSPS) is 10.7. The number of aromatic nitrogens is 2. The highest BCUT2D eigenvalue weighted by molar-refractivity contribution is 5.91. The molecular weight excluding hydrogens is 250 g/mol. The molecule has 0 spiro atoms. The van der Waals surface area contributed by atoms with Gasteiger partial charge in [0.15, 0.2) is 0 Å². The van der Waals surface area contributed by atoms with Crippen molar-refractivity contribution in [2.45, 2.75) is 6.42 Å². The molecule has 0 aliphatic carbocycles. The van der Waals surface area contributed by atoms with Gasteiger partial charge >= 0.3 is 0 Å². The number of carbonyl (C=O) groups is 1. The first-order valence-corrected chi connectivity index (χ1v) is 6.50. The summed E-state index contributed by atoms with van der Waals surface area (Å²) in [5.74, 6) is -0.0356. The molecule has 2 aromatic rings. The number of nitrogens with zero attached hydrogens (tertiary/aromatic N) is 3. The van der Waals surface area contributed by atoms with E-state index in [4.69, 9.17) is 0 Å². The molecule has 2 rings (SSSR count). The molecule has 0 aliphatic rings. The zero-order chi connectivity index (χ0) is 14.2. The van der Waals surface area contributed by atoms with Crippen LogP contribution >= 0.6 is 0 Å². The summed E-state index contributed by atoms with van der Waals surface area (Å²) < 4.78 is 0. The number of carbonyl (C=O) groups excluding carboxylic acids is 1. The Balaban J connectivity index is 1.85. The van der Waals surface area contributed by atoms with Crippen molar-refractivity contribution in [3.63, 3.8) is 0 Å². The third-order valence-electron chi connectivity index (χ3n) is 2.89. The lowest BCUT2D eigenvalue weighted by atomic mass is 10.2. The minimum atomic E-state index is -0.0356. The number of rotatable bonds is 5. The fourth-order valence-electron chi connectivity index (χ4n) is 1.70. The number of pyridine rings is 2. The number of hydrogen-bond donors (Lipinski definition) is 0. The van der Waals surface area contributed by atoms with E-state index in [0.717, 1.165) is 17.8 Å². The van der Waals surface area contributed by atoms with Gasteiger partial charge < -0.3 is 4.90 Å². The van der Waals surface area contributed by atoms with Gasteiger partial charge in [0.25, 0.3) is 0 Å². The second-order valence-electron chi connectivity index (χ2n) is 4.42. The quantitative estimate of drug-likeness (QED) is 0.780. The lowest BCUT2D eigenvalue weighted by Crippen LogP contribution is -2.27. The Morgan fingerprint density at radius 1 is 1.15 bits per heavy atom. The van der Waals surface area contributed by atoms with E-state index in [9.17, 15) is 4.79 Å². The zero-order valence-corrected chi connectivity index (χ0v) is 11.4. The molecule has 0 atom stereocenters. The standard InChI is InChI=1S/C16H17N3O/c1-19(13-10-15-7-3-5-12-18-15)16(20)9-8-14-6-2-4-11-17-14/h2-9,11-12H,10,13H2,1H3. The van der Waals surface area contributed by atoms with E-state index in [-0.39, 0.29) is 5.91 Å². The predicted octanol–water partition coefficient (Wildman–Crippen LogP) is 2.19. The van der Waals surface area contributed by atoms with Crippen LogP contribution in [0, 0.1) is 0 Å². The molecule has 0 fully saturated rings. The van der Waals surface area contributed by atoms with E-state index in [2.05, 4.69) is 9.97 Å². The van der Waals surface area contributed by atoms with Crippen LogP contribution in [0.4, 0.5) is 0 Å². The van der Waals surface area contributed by atoms with Gasteiger partial charge in [0.05, 0.1) is 5.69 Å². The summed E-state index contributed by atoms with van der Waals surface area (Å²) in [6.45, 7) is 0.641. The van der Waals surface area contributed by atoms with Crippen molar-refractivity contribution < 1.29 is 4.79 Å². The maximum Gasteiger partial charge on any atom is 0.246 e. The maximum atomic E-state index is 11.9. The lowest BCUT2D eigenvalue weighted by Gasteiger charge is -2.14. The van der Waals surface area contributed by atoms with E-state index in [1.807, 2.05) is 36.4 Å². The molecule has 20 heavy (non-hydrogen) atoms. The van der Waals surface area contributed by atoms with Gasteiger partial charge in [-0.15, -0.1) is 0 Å². The second kappa shape index (κ2) is 7.19. The zero-order valence-electron chi connectivity index (χ0n) is 11.4. The van der Waals surface area contributed by atoms with Gasteiger partial charge in [0.2, 0.25) is 5.91 Å². The van der Waals surface area contributed by atoms with Crippen LogP contribution in [0.3, 0.4) is 0 Å². The molecule has 0 unspecified atom stereocenters. The highest BCUT2D eigenvalue weighted by Gasteiger charge is 2.05. The van der Waals surface area contributed by atoms with Crippen LogP contribution in [0.2, 0.25) is 0 Å². The fraction of sp³-hybridized carbons (Fsp3) is 0.188. The third-order valence-corrected chi connectivity index (χ3v) is 2.89. The minimum Gasteiger partial charge on any atom is -0.342 e. The summed E-state index contributed by atoms with van der Waals surface area (Å²) in [7, 11) is 1.79. The molecule has 1 amide bonds. The van der Waals surface area contributed by atoms with Crippen LogP contribution in [0.25, 0.3) is 6.08 Å². The molecule has 0 saturated heterocycles. The smallest absolute Gasteiger partial charge is 0.246 e. The lowest BCUT2D eigenvalue weighted by molar-refractivity contribution is -0.124. The Morgan fingerprint density at radius 3 is 2.55 bits per heavy atom. The molecule has 0 aromatic carbocycles. The van der Waals surface area contributed by atoms with E-state index >= 15 is 0 Å². The van der Waals surface area contributed by atoms with Gasteiger partial charge in [-0.05, 0) is 30.3 Å². The molecule has 0 saturated carbocycles. The largest absolute Gasteiger partial charge is 0.342 e. The SMILES string of the molecule is CN(CCc1ccccn1)C(=O)C=Cc1ccccn1. The first-order chi connectivity index (χ1) is 9.75. The summed E-state index contributed by atoms with van der Waals surface area (Å²) in [5.41, 5.74) is 1.76. The summed E-state index contributed by atoms with van der Waals surface area (Å²) in [5, 5.41) is 0. The van der Waals surface area contributed by atoms with Crippen LogP contribution in [0.5, 0.6) is 0 Å². The number of amides is 1. The second-order valence-corrected chi connectivity index (χ2v) is 4.42. The van der Waals surface area contributed by atoms with Crippen molar-refractivity contribution in [3.05, 3.63) is 66.3 Å². The van der Waals surface area contributed by atoms with E-state index in [1.54, 1.807) is 36.5 Å². The van der Waals surface area contributed by atoms with Gasteiger partial charge in [-0.1, -0.05) is 12.1 Å². The molecule has 0 radical (unpaired) electrons. The van der Waals surface area contributed by atoms with Crippen molar-refractivity contribution in [2.75, 3.05) is 13.6 Å². The molecule has 0 bridgehead atoms. The molecule has 0 N–H and O–H groups in total. The molecule has 4 heteroatoms. The molecule has 2 heterocycles. The van der Waals surface area contributed by atoms with Crippen LogP contribution in [0.15, 0.2) is 54.9 Å². The Kier molecular flexibility index (Phi) is 5.00. The van der Waals surface area contributed by atoms with Crippen LogP contribution in [-0.4, -0.2) is 34.4 Å². The van der Waals surface area contributed by atoms with Gasteiger partial charge in [0, 0.05) is 44.2 Å². The highest BCUT2D eigenvalue weighted by Crippen LogP contribution is 2.00. The maximum absolute atomic E-state index is 11.9. The molecule has 102 valence electrons. The molecule has 2 aromatic heterocycles. The average Bonchev–Trinajstić information content (AvgIpc) is 2.52. The Labute approximate surface area is 118 Å². The summed E-state index contributed by atoms with van der Waals surface area (Å²) >= 11 is 0. The van der Waals surface area contributed by atoms with E-state index < -0.39 is 0 Å². The minimum absolute atomic E-state index is 0.0356. The fourth-order valence-corrected chi connectivity index (χ4v) is 1.70. The van der Waals surface area contributed by atoms with Crippen molar-refractivity contribution in [3.8, 4) is 0 Å². The van der Waals surface area contributed by atoms with Crippen molar-refractivity contribution in [2.24, 2.45) is 0 Å². The Morgan fingerprint density at radius 2 is 1.90 bits per heavy atom. The van der Waals surface area contributed by atoms with Gasteiger partial charge in [0.1, 0.15) is 0 Å². The van der Waals surface area contributed by atoms with Crippen LogP contribution in [-0.2, 0) is 11.2 Å². The Hall–Kier alpha value is -2.49. The monoisotopic (exact) mass is 267 g/mol. The summed E-state index contributed by atoms with van der Waals surface area (Å²) in [6, 6.07) is 11.4. The average molecular weight is 267 g/mol. The van der Waals surface area contributed by atoms with Crippen molar-refractivity contribution in [1.29, 1.82) is 0 Å². The first kappa shape index (κ1) is 13.9. The van der Waals surface area contributed by atoms with Crippen molar-refractivity contribution in [1.82, 2.24) is 14.9 Å². The van der Waals surface area contributed by atoms with Gasteiger partial charge in [-0.25, -0.2) is 0 Å². The Bertz CT molecular complexity index is 567. The predicted molar refractivity (Wildman–Crippen MR) is 78.8 cm³/mol. The van der Waals surface area contributed by atoms with E-state index in [0.29, 0.717) is 6.54 Å². The topological polar surface area (TPSA) is 46.1 Å². The molecular formula is C16H17N3O.